The molecule has 0 bridgehead atoms. The molecule has 0 aromatic heterocycles. The van der Waals surface area contributed by atoms with E-state index >= 15 is 0 Å². The van der Waals surface area contributed by atoms with Gasteiger partial charge in [-0.3, -0.25) is 0 Å². The Morgan fingerprint density at radius 1 is 0.765 bits per heavy atom. The highest BCUT2D eigenvalue weighted by atomic mass is 28.4. The molecule has 1 aliphatic heterocycles. The molecule has 17 heavy (non-hydrogen) atoms. The second-order valence-electron chi connectivity index (χ2n) is 3.90. The summed E-state index contributed by atoms with van der Waals surface area (Å²) >= 11 is 0. The molecule has 1 saturated heterocycles. The third kappa shape index (κ3) is 9.31. The average molecular weight is 304 g/mol. The van der Waals surface area contributed by atoms with Gasteiger partial charge >= 0.3 is 39.3 Å². The standard InChI is InChI=1S/C9H19O4Si4/c1-2-3-4-5-6-7-8-9-17-12-15-10-14-11-16-13-17/h2-9H2,1H3. The molecule has 4 nitrogen and oxygen atoms in total. The number of rotatable bonds is 8. The van der Waals surface area contributed by atoms with Gasteiger partial charge in [-0.1, -0.05) is 51.9 Å². The van der Waals surface area contributed by atoms with Crippen LogP contribution in [0.3, 0.4) is 0 Å². The summed E-state index contributed by atoms with van der Waals surface area (Å²) in [6.07, 6.45) is 9.28. The zero-order chi connectivity index (χ0) is 12.2. The van der Waals surface area contributed by atoms with Crippen molar-refractivity contribution in [3.05, 3.63) is 0 Å². The molecule has 95 valence electrons. The van der Waals surface area contributed by atoms with Crippen LogP contribution in [0.15, 0.2) is 0 Å². The van der Waals surface area contributed by atoms with E-state index in [1.54, 1.807) is 0 Å². The monoisotopic (exact) mass is 303 g/mol. The quantitative estimate of drug-likeness (QED) is 0.507. The van der Waals surface area contributed by atoms with Crippen LogP contribution in [0.25, 0.3) is 0 Å². The fraction of sp³-hybridized carbons (Fsp3) is 1.00. The molecule has 0 unspecified atom stereocenters. The van der Waals surface area contributed by atoms with Gasteiger partial charge in [0, 0.05) is 0 Å². The zero-order valence-electron chi connectivity index (χ0n) is 10.3. The second kappa shape index (κ2) is 11.8. The lowest BCUT2D eigenvalue weighted by atomic mass is 10.1. The summed E-state index contributed by atoms with van der Waals surface area (Å²) in [5.74, 6) is 0. The van der Waals surface area contributed by atoms with Crippen LogP contribution in [0, 0.1) is 0 Å². The molecule has 0 atom stereocenters. The van der Waals surface area contributed by atoms with E-state index in [9.17, 15) is 0 Å². The Hall–Kier alpha value is 0.708. The normalized spacial score (nSPS) is 18.9. The summed E-state index contributed by atoms with van der Waals surface area (Å²) in [5.41, 5.74) is 0. The average Bonchev–Trinajstić information content (AvgIpc) is 2.30. The van der Waals surface area contributed by atoms with Gasteiger partial charge in [-0.2, -0.15) is 0 Å². The summed E-state index contributed by atoms with van der Waals surface area (Å²) in [5, 5.41) is 0. The number of hydrogen-bond acceptors (Lipinski definition) is 4. The Balaban J connectivity index is 1.90. The van der Waals surface area contributed by atoms with Crippen LogP contribution in [-0.4, -0.2) is 39.3 Å². The Morgan fingerprint density at radius 2 is 1.35 bits per heavy atom. The van der Waals surface area contributed by atoms with Crippen LogP contribution in [0.2, 0.25) is 6.04 Å². The first kappa shape index (κ1) is 15.8. The van der Waals surface area contributed by atoms with E-state index in [0.29, 0.717) is 0 Å². The van der Waals surface area contributed by atoms with Gasteiger partial charge in [-0.15, -0.1) is 0 Å². The summed E-state index contributed by atoms with van der Waals surface area (Å²) < 4.78 is 21.4. The van der Waals surface area contributed by atoms with Crippen LogP contribution in [0.4, 0.5) is 0 Å². The molecule has 0 aromatic rings. The van der Waals surface area contributed by atoms with Gasteiger partial charge in [0.1, 0.15) is 0 Å². The van der Waals surface area contributed by atoms with Crippen molar-refractivity contribution in [2.45, 2.75) is 57.9 Å². The molecule has 7 radical (unpaired) electrons. The topological polar surface area (TPSA) is 36.9 Å². The SMILES string of the molecule is CCCCCCCCC[Si]1O[Si]O[Si]O[Si]O1. The van der Waals surface area contributed by atoms with Crippen molar-refractivity contribution in [2.75, 3.05) is 0 Å². The molecule has 0 aliphatic carbocycles. The zero-order valence-corrected chi connectivity index (χ0v) is 14.3. The molecule has 1 heterocycles. The maximum Gasteiger partial charge on any atom is 0.412 e. The van der Waals surface area contributed by atoms with Crippen molar-refractivity contribution < 1.29 is 16.5 Å². The first-order valence-corrected chi connectivity index (χ1v) is 10.2. The van der Waals surface area contributed by atoms with E-state index in [2.05, 4.69) is 6.92 Å². The number of unbranched alkanes of at least 4 members (excludes halogenated alkanes) is 6. The Kier molecular flexibility index (Phi) is 10.9. The van der Waals surface area contributed by atoms with E-state index in [4.69, 9.17) is 16.5 Å². The fourth-order valence-corrected chi connectivity index (χ4v) is 6.08. The second-order valence-corrected chi connectivity index (χ2v) is 8.91. The minimum absolute atomic E-state index is 0.0729. The van der Waals surface area contributed by atoms with E-state index in [1.807, 2.05) is 0 Å². The van der Waals surface area contributed by atoms with Crippen LogP contribution < -0.4 is 0 Å². The predicted octanol–water partition coefficient (Wildman–Crippen LogP) is 1.91. The molecular weight excluding hydrogens is 284 g/mol. The molecular formula is C9H19O4Si4. The lowest BCUT2D eigenvalue weighted by Crippen LogP contribution is -2.33. The van der Waals surface area contributed by atoms with Crippen molar-refractivity contribution in [2.24, 2.45) is 0 Å². The Labute approximate surface area is 114 Å². The Morgan fingerprint density at radius 3 is 2.00 bits per heavy atom. The van der Waals surface area contributed by atoms with E-state index in [-0.39, 0.29) is 30.0 Å². The van der Waals surface area contributed by atoms with Gasteiger partial charge in [0.05, 0.1) is 0 Å². The van der Waals surface area contributed by atoms with Crippen molar-refractivity contribution >= 4 is 39.3 Å². The van der Waals surface area contributed by atoms with Gasteiger partial charge in [-0.05, 0) is 6.04 Å². The van der Waals surface area contributed by atoms with Crippen LogP contribution in [-0.2, 0) is 16.5 Å². The van der Waals surface area contributed by atoms with Gasteiger partial charge in [-0.25, -0.2) is 0 Å². The first-order valence-electron chi connectivity index (χ1n) is 6.19. The lowest BCUT2D eigenvalue weighted by molar-refractivity contribution is 0.327. The largest absolute Gasteiger partial charge is 0.413 e. The highest BCUT2D eigenvalue weighted by Crippen LogP contribution is 2.11. The van der Waals surface area contributed by atoms with Crippen LogP contribution in [0.1, 0.15) is 51.9 Å². The minimum Gasteiger partial charge on any atom is -0.413 e. The molecule has 0 spiro atoms. The smallest absolute Gasteiger partial charge is 0.412 e. The third-order valence-electron chi connectivity index (χ3n) is 2.46. The summed E-state index contributed by atoms with van der Waals surface area (Å²) in [4.78, 5) is 0. The summed E-state index contributed by atoms with van der Waals surface area (Å²) in [6.45, 7) is 2.25. The maximum atomic E-state index is 5.55. The molecule has 0 N–H and O–H groups in total. The Bertz CT molecular complexity index is 167. The van der Waals surface area contributed by atoms with E-state index in [0.717, 1.165) is 6.04 Å². The first-order chi connectivity index (χ1) is 8.43. The lowest BCUT2D eigenvalue weighted by Gasteiger charge is -2.16. The van der Waals surface area contributed by atoms with Crippen molar-refractivity contribution in [1.29, 1.82) is 0 Å². The van der Waals surface area contributed by atoms with Gasteiger partial charge in [0.25, 0.3) is 0 Å². The minimum atomic E-state index is -1.12. The molecule has 8 heteroatoms. The van der Waals surface area contributed by atoms with Gasteiger partial charge in [0.15, 0.2) is 0 Å². The molecule has 0 saturated carbocycles. The van der Waals surface area contributed by atoms with E-state index < -0.39 is 9.28 Å². The fourth-order valence-electron chi connectivity index (χ4n) is 1.54. The van der Waals surface area contributed by atoms with E-state index in [1.165, 1.54) is 44.9 Å². The number of hydrogen-bond donors (Lipinski definition) is 0. The van der Waals surface area contributed by atoms with Crippen molar-refractivity contribution in [1.82, 2.24) is 0 Å². The van der Waals surface area contributed by atoms with Crippen molar-refractivity contribution in [3.8, 4) is 0 Å². The molecule has 0 aromatic carbocycles. The van der Waals surface area contributed by atoms with Crippen LogP contribution in [0.5, 0.6) is 0 Å². The molecule has 0 amide bonds. The van der Waals surface area contributed by atoms with Gasteiger partial charge < -0.3 is 16.5 Å². The maximum absolute atomic E-state index is 5.55. The highest BCUT2D eigenvalue weighted by Gasteiger charge is 2.19. The summed E-state index contributed by atoms with van der Waals surface area (Å²) in [6, 6.07) is 1.05. The molecule has 1 fully saturated rings. The molecule has 1 aliphatic rings. The predicted molar refractivity (Wildman–Crippen MR) is 70.2 cm³/mol. The summed E-state index contributed by atoms with van der Waals surface area (Å²) in [7, 11) is -0.862. The molecule has 1 rings (SSSR count). The van der Waals surface area contributed by atoms with Gasteiger partial charge in [0.2, 0.25) is 0 Å². The highest BCUT2D eigenvalue weighted by molar-refractivity contribution is 6.59. The van der Waals surface area contributed by atoms with Crippen molar-refractivity contribution in [3.63, 3.8) is 0 Å². The van der Waals surface area contributed by atoms with Crippen LogP contribution >= 0.6 is 0 Å². The third-order valence-corrected chi connectivity index (χ3v) is 7.05.